The number of aromatic nitrogens is 1. The maximum Gasteiger partial charge on any atom is 0.273 e. The lowest BCUT2D eigenvalue weighted by Crippen LogP contribution is -2.38. The van der Waals surface area contributed by atoms with Gasteiger partial charge < -0.3 is 15.5 Å². The van der Waals surface area contributed by atoms with E-state index < -0.39 is 0 Å². The van der Waals surface area contributed by atoms with Crippen LogP contribution in [0.25, 0.3) is 0 Å². The Bertz CT molecular complexity index is 766. The summed E-state index contributed by atoms with van der Waals surface area (Å²) < 4.78 is 0. The molecule has 2 amide bonds. The zero-order valence-corrected chi connectivity index (χ0v) is 16.1. The van der Waals surface area contributed by atoms with E-state index in [4.69, 9.17) is 23.2 Å². The molecular weight excluding hydrogens is 383 g/mol. The van der Waals surface area contributed by atoms with Crippen molar-refractivity contribution >= 4 is 57.2 Å². The fourth-order valence-corrected chi connectivity index (χ4v) is 2.97. The molecule has 0 aliphatic rings. The van der Waals surface area contributed by atoms with E-state index in [9.17, 15) is 9.59 Å². The quantitative estimate of drug-likeness (QED) is 0.740. The van der Waals surface area contributed by atoms with Crippen molar-refractivity contribution in [1.82, 2.24) is 15.2 Å². The van der Waals surface area contributed by atoms with Crippen LogP contribution < -0.4 is 10.6 Å². The van der Waals surface area contributed by atoms with Gasteiger partial charge in [-0.1, -0.05) is 30.1 Å². The highest BCUT2D eigenvalue weighted by Crippen LogP contribution is 2.29. The van der Waals surface area contributed by atoms with Gasteiger partial charge in [0.15, 0.2) is 5.13 Å². The molecule has 0 aliphatic carbocycles. The van der Waals surface area contributed by atoms with E-state index in [1.54, 1.807) is 30.6 Å². The molecule has 25 heavy (non-hydrogen) atoms. The van der Waals surface area contributed by atoms with Gasteiger partial charge in [-0.15, -0.1) is 11.3 Å². The molecule has 0 fully saturated rings. The minimum absolute atomic E-state index is 0.0146. The lowest BCUT2D eigenvalue weighted by atomic mass is 10.3. The van der Waals surface area contributed by atoms with Gasteiger partial charge in [-0.2, -0.15) is 0 Å². The molecule has 134 valence electrons. The van der Waals surface area contributed by atoms with Crippen LogP contribution in [0.5, 0.6) is 0 Å². The first-order chi connectivity index (χ1) is 11.9. The molecule has 0 saturated carbocycles. The first kappa shape index (κ1) is 19.5. The topological polar surface area (TPSA) is 74.3 Å². The number of thiazole rings is 1. The highest BCUT2D eigenvalue weighted by atomic mass is 35.5. The van der Waals surface area contributed by atoms with E-state index in [0.29, 0.717) is 27.4 Å². The Morgan fingerprint density at radius 2 is 2.08 bits per heavy atom. The summed E-state index contributed by atoms with van der Waals surface area (Å²) in [5.74, 6) is -0.523. The smallest absolute Gasteiger partial charge is 0.273 e. The second-order valence-electron chi connectivity index (χ2n) is 5.30. The number of anilines is 2. The molecule has 2 rings (SSSR count). The molecule has 0 saturated heterocycles. The second-order valence-corrected chi connectivity index (χ2v) is 7.00. The molecule has 1 heterocycles. The summed E-state index contributed by atoms with van der Waals surface area (Å²) in [5, 5.41) is 8.94. The van der Waals surface area contributed by atoms with Gasteiger partial charge in [-0.05, 0) is 24.6 Å². The van der Waals surface area contributed by atoms with E-state index >= 15 is 0 Å². The predicted molar refractivity (Wildman–Crippen MR) is 102 cm³/mol. The number of halogens is 2. The third-order valence-electron chi connectivity index (χ3n) is 3.19. The molecule has 0 unspecified atom stereocenters. The van der Waals surface area contributed by atoms with E-state index in [-0.39, 0.29) is 24.1 Å². The number of carbonyl (C=O) groups excluding carboxylic acids is 2. The van der Waals surface area contributed by atoms with Crippen molar-refractivity contribution in [3.8, 4) is 0 Å². The monoisotopic (exact) mass is 400 g/mol. The molecule has 0 spiro atoms. The largest absolute Gasteiger partial charge is 0.355 e. The Morgan fingerprint density at radius 1 is 1.32 bits per heavy atom. The maximum absolute atomic E-state index is 12.4. The molecule has 0 radical (unpaired) electrons. The number of rotatable bonds is 7. The van der Waals surface area contributed by atoms with Crippen LogP contribution in [0.4, 0.5) is 10.8 Å². The van der Waals surface area contributed by atoms with Crippen molar-refractivity contribution in [1.29, 1.82) is 0 Å². The number of carbonyl (C=O) groups is 2. The first-order valence-corrected chi connectivity index (χ1v) is 9.24. The summed E-state index contributed by atoms with van der Waals surface area (Å²) in [4.78, 5) is 29.6. The van der Waals surface area contributed by atoms with Crippen LogP contribution in [-0.4, -0.2) is 41.8 Å². The highest BCUT2D eigenvalue weighted by Gasteiger charge is 2.18. The fraction of sp³-hybridized carbons (Fsp3) is 0.312. The third kappa shape index (κ3) is 5.59. The minimum atomic E-state index is -0.326. The summed E-state index contributed by atoms with van der Waals surface area (Å²) in [5.41, 5.74) is 0.867. The lowest BCUT2D eigenvalue weighted by molar-refractivity contribution is -0.121. The molecule has 0 aliphatic heterocycles. The van der Waals surface area contributed by atoms with Crippen LogP contribution in [0, 0.1) is 0 Å². The van der Waals surface area contributed by atoms with Crippen molar-refractivity contribution in [2.45, 2.75) is 13.3 Å². The summed E-state index contributed by atoms with van der Waals surface area (Å²) in [6.45, 7) is 2.54. The molecule has 0 bridgehead atoms. The van der Waals surface area contributed by atoms with Gasteiger partial charge in [-0.25, -0.2) is 4.98 Å². The van der Waals surface area contributed by atoms with Gasteiger partial charge in [0.05, 0.1) is 17.3 Å². The van der Waals surface area contributed by atoms with Crippen LogP contribution in [0.2, 0.25) is 10.0 Å². The van der Waals surface area contributed by atoms with Crippen LogP contribution in [0.1, 0.15) is 23.8 Å². The Balaban J connectivity index is 2.01. The van der Waals surface area contributed by atoms with Crippen molar-refractivity contribution < 1.29 is 9.59 Å². The van der Waals surface area contributed by atoms with Crippen molar-refractivity contribution in [2.24, 2.45) is 0 Å². The Kier molecular flexibility index (Phi) is 7.04. The van der Waals surface area contributed by atoms with Crippen molar-refractivity contribution in [3.63, 3.8) is 0 Å². The molecule has 6 nitrogen and oxygen atoms in total. The maximum atomic E-state index is 12.4. The average Bonchev–Trinajstić information content (AvgIpc) is 3.04. The third-order valence-corrected chi connectivity index (χ3v) is 4.52. The standard InChI is InChI=1S/C16H18Cl2N4O2S/c1-3-6-19-14(23)8-22(2)15(24)13-9-25-16(21-13)20-12-7-10(17)4-5-11(12)18/h4-5,7,9H,3,6,8H2,1-2H3,(H,19,23)(H,20,21). The minimum Gasteiger partial charge on any atom is -0.355 e. The number of nitrogens with one attached hydrogen (secondary N) is 2. The highest BCUT2D eigenvalue weighted by molar-refractivity contribution is 7.14. The molecule has 9 heteroatoms. The van der Waals surface area contributed by atoms with Crippen molar-refractivity contribution in [2.75, 3.05) is 25.5 Å². The van der Waals surface area contributed by atoms with Gasteiger partial charge in [0.25, 0.3) is 5.91 Å². The zero-order chi connectivity index (χ0) is 18.4. The number of hydrogen-bond donors (Lipinski definition) is 2. The molecular formula is C16H18Cl2N4O2S. The van der Waals surface area contributed by atoms with Crippen LogP contribution >= 0.6 is 34.5 Å². The van der Waals surface area contributed by atoms with Gasteiger partial charge >= 0.3 is 0 Å². The second kappa shape index (κ2) is 9.03. The molecule has 2 aromatic rings. The summed E-state index contributed by atoms with van der Waals surface area (Å²) >= 11 is 13.3. The summed E-state index contributed by atoms with van der Waals surface area (Å²) in [7, 11) is 1.56. The van der Waals surface area contributed by atoms with Gasteiger partial charge in [0, 0.05) is 24.0 Å². The molecule has 0 atom stereocenters. The average molecular weight is 401 g/mol. The zero-order valence-electron chi connectivity index (χ0n) is 13.8. The molecule has 1 aromatic carbocycles. The number of amides is 2. The van der Waals surface area contributed by atoms with E-state index in [0.717, 1.165) is 6.42 Å². The lowest BCUT2D eigenvalue weighted by Gasteiger charge is -2.15. The van der Waals surface area contributed by atoms with E-state index in [1.165, 1.54) is 16.2 Å². The van der Waals surface area contributed by atoms with Gasteiger partial charge in [-0.3, -0.25) is 9.59 Å². The SMILES string of the molecule is CCCNC(=O)CN(C)C(=O)c1csc(Nc2cc(Cl)ccc2Cl)n1. The van der Waals surface area contributed by atoms with Gasteiger partial charge in [0.1, 0.15) is 5.69 Å². The summed E-state index contributed by atoms with van der Waals surface area (Å²) in [6, 6.07) is 5.04. The van der Waals surface area contributed by atoms with E-state index in [1.807, 2.05) is 6.92 Å². The Morgan fingerprint density at radius 3 is 2.80 bits per heavy atom. The fourth-order valence-electron chi connectivity index (χ4n) is 1.94. The number of hydrogen-bond acceptors (Lipinski definition) is 5. The molecule has 1 aromatic heterocycles. The van der Waals surface area contributed by atoms with Crippen LogP contribution in [0.3, 0.4) is 0 Å². The van der Waals surface area contributed by atoms with Crippen molar-refractivity contribution in [3.05, 3.63) is 39.3 Å². The van der Waals surface area contributed by atoms with Crippen LogP contribution in [0.15, 0.2) is 23.6 Å². The normalized spacial score (nSPS) is 10.4. The number of benzene rings is 1. The van der Waals surface area contributed by atoms with Crippen LogP contribution in [-0.2, 0) is 4.79 Å². The van der Waals surface area contributed by atoms with E-state index in [2.05, 4.69) is 15.6 Å². The number of likely N-dealkylation sites (N-methyl/N-ethyl adjacent to an activating group) is 1. The molecule has 2 N–H and O–H groups in total. The summed E-state index contributed by atoms with van der Waals surface area (Å²) in [6.07, 6.45) is 0.844. The number of nitrogens with zero attached hydrogens (tertiary/aromatic N) is 2. The predicted octanol–water partition coefficient (Wildman–Crippen LogP) is 3.79. The first-order valence-electron chi connectivity index (χ1n) is 7.60. The van der Waals surface area contributed by atoms with Gasteiger partial charge in [0.2, 0.25) is 5.91 Å². The Hall–Kier alpha value is -1.83. The Labute approximate surface area is 160 Å².